The summed E-state index contributed by atoms with van der Waals surface area (Å²) in [7, 11) is 2.19. The molecule has 0 unspecified atom stereocenters. The highest BCUT2D eigenvalue weighted by molar-refractivity contribution is 6.15. The number of pyridine rings is 1. The monoisotopic (exact) mass is 556 g/mol. The van der Waals surface area contributed by atoms with E-state index in [0.29, 0.717) is 11.3 Å². The SMILES string of the molecule is CN1C(C)(C)CC(Nc2cc(-n3c4ccccc4c4c(-c5ccc(C#N)nc5)cccc43)ccc2C(N)=O)CC1(C)C. The molecule has 1 amide bonds. The number of rotatable bonds is 5. The second-order valence-corrected chi connectivity index (χ2v) is 12.6. The number of nitriles is 1. The summed E-state index contributed by atoms with van der Waals surface area (Å²) in [6, 6.07) is 26.4. The average Bonchev–Trinajstić information content (AvgIpc) is 3.30. The minimum Gasteiger partial charge on any atom is -0.381 e. The summed E-state index contributed by atoms with van der Waals surface area (Å²) in [6.07, 6.45) is 3.63. The van der Waals surface area contributed by atoms with Gasteiger partial charge in [0.15, 0.2) is 0 Å². The lowest BCUT2D eigenvalue weighted by molar-refractivity contribution is -0.00767. The maximum Gasteiger partial charge on any atom is 0.250 e. The summed E-state index contributed by atoms with van der Waals surface area (Å²) in [5, 5.41) is 15.2. The van der Waals surface area contributed by atoms with Gasteiger partial charge in [0, 0.05) is 51.0 Å². The van der Waals surface area contributed by atoms with E-state index < -0.39 is 5.91 Å². The van der Waals surface area contributed by atoms with Crippen molar-refractivity contribution in [2.45, 2.75) is 57.7 Å². The molecule has 0 radical (unpaired) electrons. The number of nitrogens with zero attached hydrogens (tertiary/aromatic N) is 4. The standard InChI is InChI=1S/C35H36N6O/c1-34(2)18-24(19-35(3,4)40(34)5)39-29-17-25(15-16-27(29)33(37)42)41-30-11-7-6-9-28(30)32-26(10-8-12-31(32)41)22-13-14-23(20-36)38-21-22/h6-17,21,24,39H,18-19H2,1-5H3,(H2,37,42). The zero-order chi connectivity index (χ0) is 29.8. The predicted octanol–water partition coefficient (Wildman–Crippen LogP) is 6.88. The third-order valence-corrected chi connectivity index (χ3v) is 9.08. The molecule has 7 nitrogen and oxygen atoms in total. The smallest absolute Gasteiger partial charge is 0.250 e. The number of anilines is 1. The lowest BCUT2D eigenvalue weighted by Gasteiger charge is -2.54. The number of para-hydroxylation sites is 1. The molecule has 1 aliphatic rings. The van der Waals surface area contributed by atoms with E-state index >= 15 is 0 Å². The van der Waals surface area contributed by atoms with Gasteiger partial charge in [-0.15, -0.1) is 0 Å². The summed E-state index contributed by atoms with van der Waals surface area (Å²) in [5.41, 5.74) is 12.5. The highest BCUT2D eigenvalue weighted by Gasteiger charge is 2.43. The van der Waals surface area contributed by atoms with Gasteiger partial charge in [-0.05, 0) is 95.6 Å². The normalized spacial score (nSPS) is 16.9. The van der Waals surface area contributed by atoms with Gasteiger partial charge in [-0.1, -0.05) is 30.3 Å². The van der Waals surface area contributed by atoms with Crippen molar-refractivity contribution < 1.29 is 4.79 Å². The van der Waals surface area contributed by atoms with E-state index in [9.17, 15) is 10.1 Å². The second-order valence-electron chi connectivity index (χ2n) is 12.6. The lowest BCUT2D eigenvalue weighted by atomic mass is 9.77. The van der Waals surface area contributed by atoms with Gasteiger partial charge in [-0.2, -0.15) is 5.26 Å². The van der Waals surface area contributed by atoms with E-state index in [1.807, 2.05) is 36.4 Å². The molecule has 3 N–H and O–H groups in total. The molecule has 5 aromatic rings. The first-order chi connectivity index (χ1) is 20.0. The van der Waals surface area contributed by atoms with Gasteiger partial charge >= 0.3 is 0 Å². The van der Waals surface area contributed by atoms with Crippen molar-refractivity contribution in [3.05, 3.63) is 90.3 Å². The first-order valence-corrected chi connectivity index (χ1v) is 14.3. The summed E-state index contributed by atoms with van der Waals surface area (Å²) >= 11 is 0. The van der Waals surface area contributed by atoms with Crippen LogP contribution in [-0.2, 0) is 0 Å². The zero-order valence-corrected chi connectivity index (χ0v) is 24.8. The van der Waals surface area contributed by atoms with Crippen LogP contribution in [0, 0.1) is 11.3 Å². The van der Waals surface area contributed by atoms with Crippen LogP contribution in [0.4, 0.5) is 5.69 Å². The average molecular weight is 557 g/mol. The van der Waals surface area contributed by atoms with E-state index in [4.69, 9.17) is 5.73 Å². The molecular formula is C35H36N6O. The highest BCUT2D eigenvalue weighted by Crippen LogP contribution is 2.41. The quantitative estimate of drug-likeness (QED) is 0.246. The molecule has 0 spiro atoms. The third-order valence-electron chi connectivity index (χ3n) is 9.08. The van der Waals surface area contributed by atoms with Gasteiger partial charge in [0.2, 0.25) is 0 Å². The fourth-order valence-electron chi connectivity index (χ4n) is 6.86. The molecule has 212 valence electrons. The summed E-state index contributed by atoms with van der Waals surface area (Å²) < 4.78 is 2.24. The maximum absolute atomic E-state index is 12.6. The van der Waals surface area contributed by atoms with Crippen LogP contribution in [0.25, 0.3) is 38.6 Å². The Bertz CT molecular complexity index is 1860. The Labute approximate surface area is 246 Å². The number of hydrogen-bond acceptors (Lipinski definition) is 5. The molecule has 0 aliphatic carbocycles. The van der Waals surface area contributed by atoms with Gasteiger partial charge in [0.05, 0.1) is 16.6 Å². The number of carbonyl (C=O) groups is 1. The Morgan fingerprint density at radius 3 is 2.36 bits per heavy atom. The Kier molecular flexibility index (Phi) is 6.55. The van der Waals surface area contributed by atoms with Crippen LogP contribution in [0.3, 0.4) is 0 Å². The lowest BCUT2D eigenvalue weighted by Crippen LogP contribution is -2.61. The molecule has 2 aromatic heterocycles. The number of aromatic nitrogens is 2. The number of likely N-dealkylation sites (tertiary alicyclic amines) is 1. The summed E-state index contributed by atoms with van der Waals surface area (Å²) in [5.74, 6) is -0.451. The molecule has 0 saturated carbocycles. The number of hydrogen-bond donors (Lipinski definition) is 2. The van der Waals surface area contributed by atoms with Crippen molar-refractivity contribution in [3.63, 3.8) is 0 Å². The second kappa shape index (κ2) is 10.0. The number of nitrogens with two attached hydrogens (primary N) is 1. The van der Waals surface area contributed by atoms with Crippen molar-refractivity contribution >= 4 is 33.4 Å². The van der Waals surface area contributed by atoms with Gasteiger partial charge in [0.25, 0.3) is 5.91 Å². The molecule has 7 heteroatoms. The largest absolute Gasteiger partial charge is 0.381 e. The number of benzene rings is 3. The van der Waals surface area contributed by atoms with Crippen LogP contribution in [0.15, 0.2) is 79.0 Å². The minimum atomic E-state index is -0.451. The molecular weight excluding hydrogens is 520 g/mol. The first-order valence-electron chi connectivity index (χ1n) is 14.3. The van der Waals surface area contributed by atoms with Crippen molar-refractivity contribution in [3.8, 4) is 22.9 Å². The summed E-state index contributed by atoms with van der Waals surface area (Å²) in [6.45, 7) is 9.08. The third kappa shape index (κ3) is 4.58. The molecule has 42 heavy (non-hydrogen) atoms. The number of fused-ring (bicyclic) bond motifs is 3. The molecule has 1 saturated heterocycles. The molecule has 6 rings (SSSR count). The number of nitrogens with one attached hydrogen (secondary N) is 1. The van der Waals surface area contributed by atoms with Crippen molar-refractivity contribution in [1.82, 2.24) is 14.5 Å². The van der Waals surface area contributed by atoms with Crippen molar-refractivity contribution in [1.29, 1.82) is 5.26 Å². The Hall–Kier alpha value is -4.67. The topological polar surface area (TPSA) is 100.0 Å². The van der Waals surface area contributed by atoms with E-state index in [1.54, 1.807) is 12.3 Å². The van der Waals surface area contributed by atoms with Gasteiger partial charge in [0.1, 0.15) is 11.8 Å². The molecule has 1 fully saturated rings. The van der Waals surface area contributed by atoms with E-state index in [2.05, 4.69) is 90.9 Å². The molecule has 0 bridgehead atoms. The van der Waals surface area contributed by atoms with E-state index in [-0.39, 0.29) is 17.1 Å². The molecule has 3 heterocycles. The number of amides is 1. The van der Waals surface area contributed by atoms with Crippen LogP contribution in [-0.4, -0.2) is 44.5 Å². The number of carbonyl (C=O) groups excluding carboxylic acids is 1. The van der Waals surface area contributed by atoms with E-state index in [0.717, 1.165) is 57.1 Å². The van der Waals surface area contributed by atoms with Crippen LogP contribution >= 0.6 is 0 Å². The fraction of sp³-hybridized carbons (Fsp3) is 0.286. The van der Waals surface area contributed by atoms with Crippen molar-refractivity contribution in [2.75, 3.05) is 12.4 Å². The zero-order valence-electron chi connectivity index (χ0n) is 24.8. The van der Waals surface area contributed by atoms with Crippen LogP contribution in [0.5, 0.6) is 0 Å². The molecule has 1 aliphatic heterocycles. The molecule has 0 atom stereocenters. The molecule has 3 aromatic carbocycles. The van der Waals surface area contributed by atoms with Crippen LogP contribution in [0.1, 0.15) is 56.6 Å². The number of piperidine rings is 1. The predicted molar refractivity (Wildman–Crippen MR) is 170 cm³/mol. The van der Waals surface area contributed by atoms with E-state index in [1.165, 1.54) is 0 Å². The highest BCUT2D eigenvalue weighted by atomic mass is 16.1. The van der Waals surface area contributed by atoms with Crippen LogP contribution in [0.2, 0.25) is 0 Å². The Balaban J connectivity index is 1.51. The van der Waals surface area contributed by atoms with Crippen LogP contribution < -0.4 is 11.1 Å². The number of primary amides is 1. The minimum absolute atomic E-state index is 0.00650. The van der Waals surface area contributed by atoms with Gasteiger partial charge in [-0.25, -0.2) is 4.98 Å². The van der Waals surface area contributed by atoms with Gasteiger partial charge < -0.3 is 15.6 Å². The van der Waals surface area contributed by atoms with Gasteiger partial charge in [-0.3, -0.25) is 9.69 Å². The van der Waals surface area contributed by atoms with Crippen molar-refractivity contribution in [2.24, 2.45) is 5.73 Å². The Morgan fingerprint density at radius 2 is 1.69 bits per heavy atom. The Morgan fingerprint density at radius 1 is 0.976 bits per heavy atom. The first kappa shape index (κ1) is 27.5. The maximum atomic E-state index is 12.6. The summed E-state index contributed by atoms with van der Waals surface area (Å²) in [4.78, 5) is 19.3. The fourth-order valence-corrected chi connectivity index (χ4v) is 6.86.